The first-order valence-electron chi connectivity index (χ1n) is 10.3. The molecule has 2 aromatic carbocycles. The Morgan fingerprint density at radius 1 is 1.19 bits per heavy atom. The quantitative estimate of drug-likeness (QED) is 0.520. The van der Waals surface area contributed by atoms with Gasteiger partial charge in [-0.1, -0.05) is 30.3 Å². The van der Waals surface area contributed by atoms with Gasteiger partial charge in [0, 0.05) is 30.0 Å². The topological polar surface area (TPSA) is 69.7 Å². The predicted octanol–water partition coefficient (Wildman–Crippen LogP) is 4.29. The number of amides is 3. The standard InChI is InChI=1S/C24H25N3O3S/c1-3-16-31-20-11-7-5-9-18(20)25-21(28)13-15-26-23(30)17-8-4-6-10-19(17)27-22(29)12-14-24(26,27)2/h3-11H,1,12-16H2,2H3,(H,25,28)/t24-/m1/s1. The molecular formula is C24H25N3O3S. The van der Waals surface area contributed by atoms with Crippen molar-refractivity contribution in [3.05, 3.63) is 66.7 Å². The van der Waals surface area contributed by atoms with Crippen LogP contribution < -0.4 is 10.2 Å². The van der Waals surface area contributed by atoms with Crippen molar-refractivity contribution in [1.29, 1.82) is 0 Å². The number of carbonyl (C=O) groups is 3. The molecule has 160 valence electrons. The number of benzene rings is 2. The van der Waals surface area contributed by atoms with Crippen molar-refractivity contribution in [1.82, 2.24) is 4.90 Å². The van der Waals surface area contributed by atoms with E-state index in [0.29, 0.717) is 24.1 Å². The largest absolute Gasteiger partial charge is 0.325 e. The van der Waals surface area contributed by atoms with Gasteiger partial charge < -0.3 is 10.2 Å². The lowest BCUT2D eigenvalue weighted by Gasteiger charge is -2.48. The number of nitrogens with zero attached hydrogens (tertiary/aromatic N) is 2. The lowest BCUT2D eigenvalue weighted by Crippen LogP contribution is -2.62. The van der Waals surface area contributed by atoms with E-state index in [1.54, 1.807) is 33.7 Å². The number of anilines is 2. The molecule has 31 heavy (non-hydrogen) atoms. The van der Waals surface area contributed by atoms with Crippen LogP contribution in [-0.2, 0) is 9.59 Å². The molecule has 0 unspecified atom stereocenters. The lowest BCUT2D eigenvalue weighted by atomic mass is 9.98. The van der Waals surface area contributed by atoms with Crippen LogP contribution in [0.1, 0.15) is 36.5 Å². The third-order valence-electron chi connectivity index (χ3n) is 5.83. The van der Waals surface area contributed by atoms with Gasteiger partial charge in [0.25, 0.3) is 5.91 Å². The maximum atomic E-state index is 13.3. The predicted molar refractivity (Wildman–Crippen MR) is 123 cm³/mol. The highest BCUT2D eigenvalue weighted by molar-refractivity contribution is 7.99. The molecule has 0 spiro atoms. The third-order valence-corrected chi connectivity index (χ3v) is 6.90. The summed E-state index contributed by atoms with van der Waals surface area (Å²) in [6.45, 7) is 5.88. The third kappa shape index (κ3) is 3.85. The van der Waals surface area contributed by atoms with Gasteiger partial charge in [0.15, 0.2) is 0 Å². The molecule has 0 saturated carbocycles. The van der Waals surface area contributed by atoms with Gasteiger partial charge in [-0.15, -0.1) is 18.3 Å². The van der Waals surface area contributed by atoms with Crippen molar-refractivity contribution in [2.75, 3.05) is 22.5 Å². The van der Waals surface area contributed by atoms with E-state index in [1.165, 1.54) is 0 Å². The summed E-state index contributed by atoms with van der Waals surface area (Å²) < 4.78 is 0. The van der Waals surface area contributed by atoms with Crippen LogP contribution in [0.2, 0.25) is 0 Å². The van der Waals surface area contributed by atoms with Crippen LogP contribution >= 0.6 is 11.8 Å². The first-order chi connectivity index (χ1) is 15.0. The molecule has 3 amide bonds. The van der Waals surface area contributed by atoms with E-state index in [-0.39, 0.29) is 30.7 Å². The Morgan fingerprint density at radius 3 is 2.74 bits per heavy atom. The zero-order valence-corrected chi connectivity index (χ0v) is 18.3. The van der Waals surface area contributed by atoms with Crippen LogP contribution in [0.25, 0.3) is 0 Å². The minimum atomic E-state index is -0.749. The molecule has 2 aromatic rings. The summed E-state index contributed by atoms with van der Waals surface area (Å²) >= 11 is 1.60. The maximum Gasteiger partial charge on any atom is 0.257 e. The number of rotatable bonds is 7. The van der Waals surface area contributed by atoms with Crippen molar-refractivity contribution in [2.45, 2.75) is 36.7 Å². The summed E-state index contributed by atoms with van der Waals surface area (Å²) in [5.74, 6) is 0.443. The Labute approximate surface area is 186 Å². The zero-order valence-electron chi connectivity index (χ0n) is 17.5. The van der Waals surface area contributed by atoms with E-state index in [1.807, 2.05) is 49.4 Å². The minimum absolute atomic E-state index is 0.00470. The number of hydrogen-bond acceptors (Lipinski definition) is 4. The average Bonchev–Trinajstić information content (AvgIpc) is 3.08. The van der Waals surface area contributed by atoms with Crippen molar-refractivity contribution < 1.29 is 14.4 Å². The first kappa shape index (κ1) is 21.2. The van der Waals surface area contributed by atoms with Gasteiger partial charge in [-0.2, -0.15) is 0 Å². The van der Waals surface area contributed by atoms with Gasteiger partial charge in [-0.3, -0.25) is 19.3 Å². The number of carbonyl (C=O) groups excluding carboxylic acids is 3. The number of hydrogen-bond donors (Lipinski definition) is 1. The Balaban J connectivity index is 1.51. The van der Waals surface area contributed by atoms with E-state index in [9.17, 15) is 14.4 Å². The smallest absolute Gasteiger partial charge is 0.257 e. The Kier molecular flexibility index (Phi) is 5.87. The van der Waals surface area contributed by atoms with Crippen molar-refractivity contribution in [3.8, 4) is 0 Å². The minimum Gasteiger partial charge on any atom is -0.325 e. The van der Waals surface area contributed by atoms with E-state index in [0.717, 1.165) is 16.3 Å². The molecule has 2 heterocycles. The molecule has 1 atom stereocenters. The van der Waals surface area contributed by atoms with E-state index < -0.39 is 5.66 Å². The summed E-state index contributed by atoms with van der Waals surface area (Å²) in [6.07, 6.45) is 2.90. The molecule has 1 fully saturated rings. The molecule has 1 N–H and O–H groups in total. The van der Waals surface area contributed by atoms with Gasteiger partial charge in [0.1, 0.15) is 5.66 Å². The Bertz CT molecular complexity index is 1050. The fourth-order valence-electron chi connectivity index (χ4n) is 4.31. The van der Waals surface area contributed by atoms with Crippen LogP contribution in [0.3, 0.4) is 0 Å². The molecular weight excluding hydrogens is 410 g/mol. The fourth-order valence-corrected chi connectivity index (χ4v) is 5.06. The number of para-hydroxylation sites is 2. The molecule has 1 saturated heterocycles. The second-order valence-electron chi connectivity index (χ2n) is 7.81. The SMILES string of the molecule is C=CCSc1ccccc1NC(=O)CCN1C(=O)c2ccccc2N2C(=O)CC[C@]12C. The van der Waals surface area contributed by atoms with Crippen LogP contribution in [0.15, 0.2) is 66.1 Å². The summed E-state index contributed by atoms with van der Waals surface area (Å²) in [6, 6.07) is 14.8. The lowest BCUT2D eigenvalue weighted by molar-refractivity contribution is -0.117. The van der Waals surface area contributed by atoms with E-state index in [2.05, 4.69) is 11.9 Å². The fraction of sp³-hybridized carbons (Fsp3) is 0.292. The van der Waals surface area contributed by atoms with E-state index >= 15 is 0 Å². The molecule has 6 nitrogen and oxygen atoms in total. The average molecular weight is 436 g/mol. The zero-order chi connectivity index (χ0) is 22.0. The van der Waals surface area contributed by atoms with Crippen LogP contribution in [0, 0.1) is 0 Å². The normalized spacial score (nSPS) is 19.8. The molecule has 0 bridgehead atoms. The van der Waals surface area contributed by atoms with Crippen molar-refractivity contribution >= 4 is 40.9 Å². The van der Waals surface area contributed by atoms with Gasteiger partial charge in [-0.25, -0.2) is 0 Å². The molecule has 4 rings (SSSR count). The summed E-state index contributed by atoms with van der Waals surface area (Å²) in [5, 5.41) is 2.96. The monoisotopic (exact) mass is 435 g/mol. The highest BCUT2D eigenvalue weighted by Gasteiger charge is 2.52. The highest BCUT2D eigenvalue weighted by atomic mass is 32.2. The molecule has 0 aliphatic carbocycles. The van der Waals surface area contributed by atoms with Gasteiger partial charge >= 0.3 is 0 Å². The molecule has 2 aliphatic heterocycles. The van der Waals surface area contributed by atoms with Crippen LogP contribution in [0.5, 0.6) is 0 Å². The molecule has 0 radical (unpaired) electrons. The van der Waals surface area contributed by atoms with Crippen molar-refractivity contribution in [3.63, 3.8) is 0 Å². The van der Waals surface area contributed by atoms with Gasteiger partial charge in [-0.05, 0) is 37.6 Å². The van der Waals surface area contributed by atoms with Gasteiger partial charge in [0.2, 0.25) is 11.8 Å². The van der Waals surface area contributed by atoms with Crippen molar-refractivity contribution in [2.24, 2.45) is 0 Å². The molecule has 0 aromatic heterocycles. The highest BCUT2D eigenvalue weighted by Crippen LogP contribution is 2.44. The summed E-state index contributed by atoms with van der Waals surface area (Å²) in [5.41, 5.74) is 1.16. The number of thioether (sulfide) groups is 1. The second kappa shape index (κ2) is 8.59. The number of nitrogens with one attached hydrogen (secondary N) is 1. The van der Waals surface area contributed by atoms with Crippen LogP contribution in [0.4, 0.5) is 11.4 Å². The summed E-state index contributed by atoms with van der Waals surface area (Å²) in [7, 11) is 0. The summed E-state index contributed by atoms with van der Waals surface area (Å²) in [4.78, 5) is 43.0. The molecule has 2 aliphatic rings. The van der Waals surface area contributed by atoms with Gasteiger partial charge in [0.05, 0.1) is 16.9 Å². The Morgan fingerprint density at radius 2 is 1.94 bits per heavy atom. The van der Waals surface area contributed by atoms with Crippen LogP contribution in [-0.4, -0.2) is 40.6 Å². The first-order valence-corrected chi connectivity index (χ1v) is 11.3. The maximum absolute atomic E-state index is 13.3. The molecule has 7 heteroatoms. The Hall–Kier alpha value is -3.06. The number of fused-ring (bicyclic) bond motifs is 3. The second-order valence-corrected chi connectivity index (χ2v) is 8.88. The van der Waals surface area contributed by atoms with E-state index in [4.69, 9.17) is 0 Å².